The number of hydrogen-bond acceptors (Lipinski definition) is 12. The Kier molecular flexibility index (Phi) is 15.2. The first-order chi connectivity index (χ1) is 25.5. The van der Waals surface area contributed by atoms with E-state index in [2.05, 4.69) is 5.32 Å². The maximum Gasteiger partial charge on any atom is 0.246 e. The molecule has 4 rings (SSSR count). The minimum Gasteiger partial charge on any atom is -0.387 e. The summed E-state index contributed by atoms with van der Waals surface area (Å²) in [4.78, 5) is 47.7. The topological polar surface area (TPSA) is 180 Å². The van der Waals surface area contributed by atoms with E-state index < -0.39 is 84.1 Å². The zero-order valence-corrected chi connectivity index (χ0v) is 35.6. The standard InChI is InChI=1S/C40H72N4O11/c1-21(2)30-37(49)44-16-14-15-27(44)36(48)43(12)20-22(3)18-39(8,50)34(55-38-31(45)28(42(10)11)17-23(4)52-38)24(5)32(25(6)35(47)41-30)54-29-19-40(9,51-13)33(46)26(7)53-29/h21-34,38,45-46,50H,14-20H2,1-13H3,(H,41,47)/t22-,23-,24+,25-,26+,27+,28+,29+,30-,31-,32+,33+,34-,38+,39-,40-/m1/s1. The number of hydrogen-bond donors (Lipinski definition) is 4. The minimum atomic E-state index is -1.59. The van der Waals surface area contributed by atoms with Gasteiger partial charge in [0, 0.05) is 45.6 Å². The summed E-state index contributed by atoms with van der Waals surface area (Å²) in [6, 6.07) is -1.86. The largest absolute Gasteiger partial charge is 0.387 e. The van der Waals surface area contributed by atoms with Crippen molar-refractivity contribution in [1.82, 2.24) is 20.0 Å². The number of ether oxygens (including phenoxy) is 5. The van der Waals surface area contributed by atoms with Gasteiger partial charge in [-0.25, -0.2) is 0 Å². The summed E-state index contributed by atoms with van der Waals surface area (Å²) in [5.41, 5.74) is -2.61. The molecule has 0 aromatic rings. The third kappa shape index (κ3) is 10.2. The van der Waals surface area contributed by atoms with Crippen molar-refractivity contribution >= 4 is 17.7 Å². The molecule has 0 radical (unpaired) electrons. The number of likely N-dealkylation sites (N-methyl/N-ethyl adjacent to an activating group) is 2. The Bertz CT molecular complexity index is 1320. The van der Waals surface area contributed by atoms with Crippen LogP contribution in [0.4, 0.5) is 0 Å². The third-order valence-corrected chi connectivity index (χ3v) is 12.6. The van der Waals surface area contributed by atoms with Crippen LogP contribution in [-0.4, -0.2) is 168 Å². The second kappa shape index (κ2) is 18.3. The zero-order chi connectivity index (χ0) is 41.3. The van der Waals surface area contributed by atoms with Crippen LogP contribution in [0.1, 0.15) is 94.4 Å². The number of aliphatic hydroxyl groups excluding tert-OH is 2. The fourth-order valence-corrected chi connectivity index (χ4v) is 9.39. The van der Waals surface area contributed by atoms with Gasteiger partial charge in [0.25, 0.3) is 0 Å². The van der Waals surface area contributed by atoms with E-state index in [0.717, 1.165) is 0 Å². The maximum absolute atomic E-state index is 14.5. The molecule has 0 spiro atoms. The van der Waals surface area contributed by atoms with Crippen LogP contribution in [-0.2, 0) is 38.1 Å². The van der Waals surface area contributed by atoms with Crippen LogP contribution >= 0.6 is 0 Å². The number of fused-ring (bicyclic) bond motifs is 1. The van der Waals surface area contributed by atoms with Gasteiger partial charge in [-0.05, 0) is 79.3 Å². The number of amides is 3. The van der Waals surface area contributed by atoms with Gasteiger partial charge >= 0.3 is 0 Å². The normalized spacial score (nSPS) is 44.6. The highest BCUT2D eigenvalue weighted by Crippen LogP contribution is 2.39. The molecule has 0 saturated carbocycles. The highest BCUT2D eigenvalue weighted by Gasteiger charge is 2.52. The van der Waals surface area contributed by atoms with E-state index >= 15 is 0 Å². The zero-order valence-electron chi connectivity index (χ0n) is 35.6. The van der Waals surface area contributed by atoms with Gasteiger partial charge in [-0.15, -0.1) is 0 Å². The van der Waals surface area contributed by atoms with E-state index in [4.69, 9.17) is 23.7 Å². The number of methoxy groups -OCH3 is 1. The molecule has 3 amide bonds. The molecule has 4 N–H and O–H groups in total. The summed E-state index contributed by atoms with van der Waals surface area (Å²) in [7, 11) is 7.00. The van der Waals surface area contributed by atoms with Crippen molar-refractivity contribution in [3.8, 4) is 0 Å². The highest BCUT2D eigenvalue weighted by atomic mass is 16.7. The lowest BCUT2D eigenvalue weighted by Crippen LogP contribution is -2.61. The second-order valence-corrected chi connectivity index (χ2v) is 18.1. The van der Waals surface area contributed by atoms with Gasteiger partial charge in [-0.3, -0.25) is 14.4 Å². The molecular weight excluding hydrogens is 712 g/mol. The number of nitrogens with one attached hydrogen (secondary N) is 1. The summed E-state index contributed by atoms with van der Waals surface area (Å²) in [5.74, 6) is -3.17. The van der Waals surface area contributed by atoms with Crippen LogP contribution in [0.3, 0.4) is 0 Å². The molecule has 15 nitrogen and oxygen atoms in total. The quantitative estimate of drug-likeness (QED) is 0.295. The van der Waals surface area contributed by atoms with Crippen LogP contribution in [0, 0.1) is 23.7 Å². The highest BCUT2D eigenvalue weighted by molar-refractivity contribution is 5.93. The predicted octanol–water partition coefficient (Wildman–Crippen LogP) is 1.74. The summed E-state index contributed by atoms with van der Waals surface area (Å²) in [6.07, 6.45) is -4.98. The van der Waals surface area contributed by atoms with Gasteiger partial charge in [-0.2, -0.15) is 0 Å². The number of carbonyl (C=O) groups is 3. The molecule has 15 heteroatoms. The van der Waals surface area contributed by atoms with Crippen LogP contribution in [0.15, 0.2) is 0 Å². The van der Waals surface area contributed by atoms with Crippen molar-refractivity contribution in [2.75, 3.05) is 41.3 Å². The predicted molar refractivity (Wildman–Crippen MR) is 204 cm³/mol. The van der Waals surface area contributed by atoms with Crippen molar-refractivity contribution in [2.24, 2.45) is 23.7 Å². The fraction of sp³-hybridized carbons (Fsp3) is 0.925. The fourth-order valence-electron chi connectivity index (χ4n) is 9.39. The molecule has 4 fully saturated rings. The van der Waals surface area contributed by atoms with Crippen molar-refractivity contribution in [1.29, 1.82) is 0 Å². The van der Waals surface area contributed by atoms with E-state index in [1.165, 1.54) is 7.11 Å². The second-order valence-electron chi connectivity index (χ2n) is 18.1. The van der Waals surface area contributed by atoms with Crippen LogP contribution in [0.2, 0.25) is 0 Å². The molecule has 0 aromatic heterocycles. The van der Waals surface area contributed by atoms with Crippen molar-refractivity contribution in [3.63, 3.8) is 0 Å². The van der Waals surface area contributed by atoms with E-state index in [-0.39, 0.29) is 48.6 Å². The lowest BCUT2D eigenvalue weighted by Gasteiger charge is -2.49. The Balaban J connectivity index is 1.83. The SMILES string of the molecule is CO[C@]1(C)C[C@H](O[C@H]2[C@H](C)[C@@H](O[C@@H]3O[C@H](C)C[C@H](N(C)C)[C@H]3O)[C@](C)(O)C[C@@H](C)CN(C)C(=O)[C@@H]3CCCN3C(=O)[C@@H](C(C)C)NC(=O)[C@@H]2C)O[C@@H](C)[C@@H]1O. The van der Waals surface area contributed by atoms with Crippen LogP contribution in [0.25, 0.3) is 0 Å². The summed E-state index contributed by atoms with van der Waals surface area (Å²) in [6.45, 7) is 17.0. The molecule has 0 unspecified atom stereocenters. The van der Waals surface area contributed by atoms with E-state index in [1.807, 2.05) is 53.6 Å². The van der Waals surface area contributed by atoms with Gasteiger partial charge in [0.05, 0.1) is 41.5 Å². The van der Waals surface area contributed by atoms with Crippen molar-refractivity contribution in [2.45, 2.75) is 173 Å². The summed E-state index contributed by atoms with van der Waals surface area (Å²) >= 11 is 0. The molecule has 0 bridgehead atoms. The number of nitrogens with zero attached hydrogens (tertiary/aromatic N) is 3. The number of aliphatic hydroxyl groups is 3. The van der Waals surface area contributed by atoms with Crippen molar-refractivity contribution in [3.05, 3.63) is 0 Å². The van der Waals surface area contributed by atoms with Crippen LogP contribution < -0.4 is 5.32 Å². The number of rotatable bonds is 7. The smallest absolute Gasteiger partial charge is 0.246 e. The van der Waals surface area contributed by atoms with Gasteiger partial charge in [0.2, 0.25) is 17.7 Å². The monoisotopic (exact) mass is 785 g/mol. The maximum atomic E-state index is 14.5. The molecule has 318 valence electrons. The first kappa shape index (κ1) is 45.7. The number of carbonyl (C=O) groups excluding carboxylic acids is 3. The first-order valence-corrected chi connectivity index (χ1v) is 20.3. The molecule has 4 aliphatic heterocycles. The van der Waals surface area contributed by atoms with E-state index in [1.54, 1.807) is 44.5 Å². The van der Waals surface area contributed by atoms with Gasteiger partial charge in [0.1, 0.15) is 24.3 Å². The molecule has 55 heavy (non-hydrogen) atoms. The Morgan fingerprint density at radius 3 is 2.24 bits per heavy atom. The molecule has 0 aliphatic carbocycles. The molecule has 16 atom stereocenters. The molecule has 0 aromatic carbocycles. The third-order valence-electron chi connectivity index (χ3n) is 12.6. The molecule has 4 heterocycles. The molecule has 4 saturated heterocycles. The Labute approximate surface area is 328 Å². The first-order valence-electron chi connectivity index (χ1n) is 20.3. The Morgan fingerprint density at radius 1 is 0.982 bits per heavy atom. The molecule has 4 aliphatic rings. The minimum absolute atomic E-state index is 0.141. The lowest BCUT2D eigenvalue weighted by atomic mass is 9.77. The van der Waals surface area contributed by atoms with Gasteiger partial charge in [0.15, 0.2) is 12.6 Å². The average Bonchev–Trinajstić information content (AvgIpc) is 3.59. The van der Waals surface area contributed by atoms with Gasteiger partial charge in [-0.1, -0.05) is 34.6 Å². The van der Waals surface area contributed by atoms with Crippen molar-refractivity contribution < 1.29 is 53.4 Å². The molecular formula is C40H72N4O11. The lowest BCUT2D eigenvalue weighted by molar-refractivity contribution is -0.317. The van der Waals surface area contributed by atoms with E-state index in [9.17, 15) is 29.7 Å². The summed E-state index contributed by atoms with van der Waals surface area (Å²) < 4.78 is 31.7. The van der Waals surface area contributed by atoms with Crippen LogP contribution in [0.5, 0.6) is 0 Å². The summed E-state index contributed by atoms with van der Waals surface area (Å²) in [5, 5.41) is 38.2. The van der Waals surface area contributed by atoms with Gasteiger partial charge < -0.3 is 59.0 Å². The van der Waals surface area contributed by atoms with E-state index in [0.29, 0.717) is 32.4 Å². The Morgan fingerprint density at radius 2 is 1.64 bits per heavy atom. The average molecular weight is 785 g/mol. The Hall–Kier alpha value is -1.95.